The van der Waals surface area contributed by atoms with Crippen molar-refractivity contribution in [3.05, 3.63) is 91.0 Å². The van der Waals surface area contributed by atoms with E-state index in [0.29, 0.717) is 0 Å². The van der Waals surface area contributed by atoms with Crippen LogP contribution in [0.3, 0.4) is 0 Å². The van der Waals surface area contributed by atoms with Gasteiger partial charge in [0.25, 0.3) is 0 Å². The molecule has 202 valence electrons. The largest absolute Gasteiger partial charge is 0.494 e. The van der Waals surface area contributed by atoms with E-state index in [1.165, 1.54) is 74.8 Å². The molecule has 1 aliphatic heterocycles. The quantitative estimate of drug-likeness (QED) is 0.148. The summed E-state index contributed by atoms with van der Waals surface area (Å²) in [6, 6.07) is 33.7. The first kappa shape index (κ1) is 23.5. The fraction of sp³-hybridized carbons (Fsp3) is 0.167. The summed E-state index contributed by atoms with van der Waals surface area (Å²) in [6.07, 6.45) is 0. The van der Waals surface area contributed by atoms with Gasteiger partial charge in [0, 0.05) is 41.7 Å². The van der Waals surface area contributed by atoms with Crippen molar-refractivity contribution < 1.29 is 9.31 Å². The maximum atomic E-state index is 6.41. The molecule has 4 aromatic heterocycles. The smallest absolute Gasteiger partial charge is 0.399 e. The molecule has 1 saturated heterocycles. The Bertz CT molecular complexity index is 2590. The van der Waals surface area contributed by atoms with E-state index in [1.54, 1.807) is 0 Å². The van der Waals surface area contributed by atoms with Crippen LogP contribution in [0.1, 0.15) is 27.7 Å². The van der Waals surface area contributed by atoms with Gasteiger partial charge in [0.2, 0.25) is 0 Å². The van der Waals surface area contributed by atoms with Crippen LogP contribution in [0.5, 0.6) is 0 Å². The van der Waals surface area contributed by atoms with E-state index >= 15 is 0 Å². The van der Waals surface area contributed by atoms with E-state index in [1.807, 2.05) is 11.3 Å². The maximum Gasteiger partial charge on any atom is 0.494 e. The fourth-order valence-corrected chi connectivity index (χ4v) is 8.55. The van der Waals surface area contributed by atoms with Crippen LogP contribution in [0, 0.1) is 0 Å². The molecule has 1 aliphatic rings. The minimum absolute atomic E-state index is 0.366. The second kappa shape index (κ2) is 7.45. The summed E-state index contributed by atoms with van der Waals surface area (Å²) in [5.41, 5.74) is 7.91. The molecule has 0 aliphatic carbocycles. The summed E-state index contributed by atoms with van der Waals surface area (Å²) >= 11 is 1.85. The van der Waals surface area contributed by atoms with Gasteiger partial charge in [-0.15, -0.1) is 11.3 Å². The Morgan fingerprint density at radius 1 is 0.548 bits per heavy atom. The zero-order valence-corrected chi connectivity index (χ0v) is 24.7. The lowest BCUT2D eigenvalue weighted by atomic mass is 9.79. The number of aromatic nitrogens is 2. The highest BCUT2D eigenvalue weighted by Gasteiger charge is 2.51. The zero-order chi connectivity index (χ0) is 28.1. The topological polar surface area (TPSA) is 27.3 Å². The molecule has 6 heteroatoms. The second-order valence-corrected chi connectivity index (χ2v) is 13.9. The number of nitrogens with zero attached hydrogens (tertiary/aromatic N) is 2. The molecular weight excluding hydrogens is 535 g/mol. The van der Waals surface area contributed by atoms with E-state index in [-0.39, 0.29) is 18.3 Å². The van der Waals surface area contributed by atoms with Crippen LogP contribution >= 0.6 is 11.3 Å². The molecule has 0 spiro atoms. The first-order valence-corrected chi connectivity index (χ1v) is 15.4. The molecule has 0 radical (unpaired) electrons. The van der Waals surface area contributed by atoms with Gasteiger partial charge in [-0.25, -0.2) is 0 Å². The van der Waals surface area contributed by atoms with Gasteiger partial charge in [-0.3, -0.25) is 0 Å². The third-order valence-corrected chi connectivity index (χ3v) is 11.2. The summed E-state index contributed by atoms with van der Waals surface area (Å²) < 4.78 is 20.4. The predicted molar refractivity (Wildman–Crippen MR) is 178 cm³/mol. The number of para-hydroxylation sites is 3. The van der Waals surface area contributed by atoms with Gasteiger partial charge in [-0.05, 0) is 63.5 Å². The lowest BCUT2D eigenvalue weighted by Crippen LogP contribution is -2.41. The molecule has 0 unspecified atom stereocenters. The lowest BCUT2D eigenvalue weighted by Gasteiger charge is -2.32. The minimum atomic E-state index is -0.372. The molecule has 0 N–H and O–H groups in total. The van der Waals surface area contributed by atoms with Crippen molar-refractivity contribution in [2.45, 2.75) is 38.9 Å². The predicted octanol–water partition coefficient (Wildman–Crippen LogP) is 8.91. The third kappa shape index (κ3) is 2.67. The number of benzene rings is 5. The molecule has 42 heavy (non-hydrogen) atoms. The molecule has 5 heterocycles. The molecule has 5 aromatic carbocycles. The molecule has 9 aromatic rings. The van der Waals surface area contributed by atoms with E-state index < -0.39 is 0 Å². The molecule has 0 atom stereocenters. The maximum absolute atomic E-state index is 6.41. The van der Waals surface area contributed by atoms with Crippen LogP contribution in [0.4, 0.5) is 0 Å². The van der Waals surface area contributed by atoms with Crippen LogP contribution in [0.2, 0.25) is 0 Å². The normalized spacial score (nSPS) is 17.2. The monoisotopic (exact) mass is 562 g/mol. The van der Waals surface area contributed by atoms with Crippen molar-refractivity contribution in [2.75, 3.05) is 0 Å². The molecule has 0 bridgehead atoms. The molecule has 4 nitrogen and oxygen atoms in total. The van der Waals surface area contributed by atoms with Gasteiger partial charge in [0.15, 0.2) is 0 Å². The van der Waals surface area contributed by atoms with Gasteiger partial charge in [0.05, 0.1) is 44.3 Å². The van der Waals surface area contributed by atoms with Gasteiger partial charge < -0.3 is 18.1 Å². The zero-order valence-electron chi connectivity index (χ0n) is 23.9. The summed E-state index contributed by atoms with van der Waals surface area (Å²) in [5.74, 6) is 0. The Kier molecular flexibility index (Phi) is 4.16. The molecule has 1 fully saturated rings. The van der Waals surface area contributed by atoms with Crippen LogP contribution in [-0.4, -0.2) is 27.1 Å². The average Bonchev–Trinajstić information content (AvgIpc) is 3.68. The first-order chi connectivity index (χ1) is 20.3. The van der Waals surface area contributed by atoms with Crippen molar-refractivity contribution in [3.63, 3.8) is 0 Å². The Hall–Kier alpha value is -4.10. The van der Waals surface area contributed by atoms with Crippen molar-refractivity contribution in [2.24, 2.45) is 0 Å². The van der Waals surface area contributed by atoms with Gasteiger partial charge >= 0.3 is 7.12 Å². The Labute approximate surface area is 246 Å². The Balaban J connectivity index is 1.35. The fourth-order valence-electron chi connectivity index (χ4n) is 7.39. The summed E-state index contributed by atoms with van der Waals surface area (Å²) in [7, 11) is -0.372. The number of thiophene rings is 1. The van der Waals surface area contributed by atoms with Gasteiger partial charge in [-0.1, -0.05) is 60.7 Å². The summed E-state index contributed by atoms with van der Waals surface area (Å²) in [4.78, 5) is 0. The molecule has 0 amide bonds. The van der Waals surface area contributed by atoms with Crippen LogP contribution in [0.15, 0.2) is 91.0 Å². The van der Waals surface area contributed by atoms with E-state index in [0.717, 1.165) is 5.46 Å². The molecule has 10 rings (SSSR count). The standard InChI is InChI=1S/C36H27BN2O2S/c1-35(2)36(3,4)41-37(40-35)20-15-16-25-30(19-20)42-29-18-17-24-23-11-8-13-27-33(23)39(34(24)31(25)29)28-14-7-10-22-21-9-5-6-12-26(21)38(27)32(22)28/h5-19H,1-4H3. The SMILES string of the molecule is CC1(C)OB(c2ccc3c(c2)sc2ccc4c5cccc6c5n(c5cccc7c8ccccc8n6c75)c4c23)OC1(C)C. The van der Waals surface area contributed by atoms with Crippen molar-refractivity contribution >= 4 is 98.7 Å². The summed E-state index contributed by atoms with van der Waals surface area (Å²) in [6.45, 7) is 8.44. The van der Waals surface area contributed by atoms with Crippen molar-refractivity contribution in [3.8, 4) is 0 Å². The Morgan fingerprint density at radius 3 is 1.93 bits per heavy atom. The van der Waals surface area contributed by atoms with Crippen molar-refractivity contribution in [1.82, 2.24) is 8.80 Å². The van der Waals surface area contributed by atoms with E-state index in [2.05, 4.69) is 127 Å². The van der Waals surface area contributed by atoms with Crippen LogP contribution in [-0.2, 0) is 9.31 Å². The average molecular weight is 563 g/mol. The van der Waals surface area contributed by atoms with Gasteiger partial charge in [-0.2, -0.15) is 0 Å². The highest BCUT2D eigenvalue weighted by atomic mass is 32.1. The van der Waals surface area contributed by atoms with Gasteiger partial charge in [0.1, 0.15) is 0 Å². The Morgan fingerprint density at radius 2 is 1.14 bits per heavy atom. The number of hydrogen-bond acceptors (Lipinski definition) is 3. The van der Waals surface area contributed by atoms with E-state index in [9.17, 15) is 0 Å². The molecule has 0 saturated carbocycles. The molecular formula is C36H27BN2O2S. The highest BCUT2D eigenvalue weighted by Crippen LogP contribution is 2.45. The minimum Gasteiger partial charge on any atom is -0.399 e. The second-order valence-electron chi connectivity index (χ2n) is 12.8. The first-order valence-electron chi connectivity index (χ1n) is 14.6. The lowest BCUT2D eigenvalue weighted by molar-refractivity contribution is 0.00578. The number of hydrogen-bond donors (Lipinski definition) is 0. The highest BCUT2D eigenvalue weighted by molar-refractivity contribution is 7.26. The third-order valence-electron chi connectivity index (χ3n) is 10.1. The van der Waals surface area contributed by atoms with Crippen molar-refractivity contribution in [1.29, 1.82) is 0 Å². The van der Waals surface area contributed by atoms with Crippen LogP contribution in [0.25, 0.3) is 74.8 Å². The summed E-state index contributed by atoms with van der Waals surface area (Å²) in [5, 5.41) is 7.76. The number of rotatable bonds is 1. The number of fused-ring (bicyclic) bond motifs is 12. The van der Waals surface area contributed by atoms with Crippen LogP contribution < -0.4 is 5.46 Å². The van der Waals surface area contributed by atoms with E-state index in [4.69, 9.17) is 9.31 Å².